The molecule has 1 saturated heterocycles. The molecule has 4 aromatic heterocycles. The molecule has 166 valence electrons. The largest absolute Gasteiger partial charge is 0.384 e. The van der Waals surface area contributed by atoms with Gasteiger partial charge < -0.3 is 20.2 Å². The highest BCUT2D eigenvalue weighted by Crippen LogP contribution is 2.31. The minimum Gasteiger partial charge on any atom is -0.384 e. The van der Waals surface area contributed by atoms with Gasteiger partial charge in [-0.3, -0.25) is 4.57 Å². The van der Waals surface area contributed by atoms with E-state index in [9.17, 15) is 4.79 Å². The number of benzene rings is 1. The summed E-state index contributed by atoms with van der Waals surface area (Å²) >= 11 is 0. The molecule has 1 fully saturated rings. The van der Waals surface area contributed by atoms with E-state index in [1.807, 2.05) is 46.5 Å². The van der Waals surface area contributed by atoms with Crippen molar-refractivity contribution in [3.63, 3.8) is 0 Å². The van der Waals surface area contributed by atoms with Gasteiger partial charge in [0.05, 0.1) is 11.0 Å². The lowest BCUT2D eigenvalue weighted by Gasteiger charge is -2.33. The van der Waals surface area contributed by atoms with Gasteiger partial charge in [0.15, 0.2) is 17.0 Å². The van der Waals surface area contributed by atoms with Gasteiger partial charge in [0.2, 0.25) is 0 Å². The first kappa shape index (κ1) is 19.5. The Morgan fingerprint density at radius 1 is 1.06 bits per heavy atom. The number of para-hydroxylation sites is 2. The van der Waals surface area contributed by atoms with E-state index >= 15 is 0 Å². The van der Waals surface area contributed by atoms with Crippen LogP contribution in [0.15, 0.2) is 53.7 Å². The fourth-order valence-electron chi connectivity index (χ4n) is 4.79. The van der Waals surface area contributed by atoms with Crippen molar-refractivity contribution in [3.8, 4) is 11.4 Å². The minimum absolute atomic E-state index is 0.0504. The third-order valence-electron chi connectivity index (χ3n) is 6.43. The number of imidazole rings is 2. The number of anilines is 2. The van der Waals surface area contributed by atoms with E-state index in [4.69, 9.17) is 10.7 Å². The Balaban J connectivity index is 1.31. The number of hydrogen-bond acceptors (Lipinski definition) is 7. The number of pyridine rings is 1. The molecule has 5 aromatic rings. The SMILES string of the molecule is Cn1c(-c2ccc(N)nc2)nc2c(N3CCC(n4c(=O)[nH]c5ccccc54)CC3)ncnc21. The number of nitrogens with zero attached hydrogens (tertiary/aromatic N) is 7. The molecule has 1 aliphatic rings. The average Bonchev–Trinajstić information content (AvgIpc) is 3.36. The molecule has 6 rings (SSSR count). The van der Waals surface area contributed by atoms with Crippen LogP contribution < -0.4 is 16.3 Å². The molecule has 0 spiro atoms. The van der Waals surface area contributed by atoms with Crippen LogP contribution in [0.3, 0.4) is 0 Å². The summed E-state index contributed by atoms with van der Waals surface area (Å²) in [6.07, 6.45) is 4.98. The predicted octanol–water partition coefficient (Wildman–Crippen LogP) is 2.49. The second-order valence-electron chi connectivity index (χ2n) is 8.37. The van der Waals surface area contributed by atoms with Crippen LogP contribution in [-0.2, 0) is 7.05 Å². The zero-order chi connectivity index (χ0) is 22.5. The zero-order valence-electron chi connectivity index (χ0n) is 18.1. The molecule has 1 aliphatic heterocycles. The molecule has 33 heavy (non-hydrogen) atoms. The number of nitrogens with one attached hydrogen (secondary N) is 1. The van der Waals surface area contributed by atoms with Crippen molar-refractivity contribution < 1.29 is 0 Å². The van der Waals surface area contributed by atoms with Crippen LogP contribution in [0, 0.1) is 0 Å². The van der Waals surface area contributed by atoms with Gasteiger partial charge in [0.25, 0.3) is 0 Å². The Morgan fingerprint density at radius 3 is 2.67 bits per heavy atom. The quantitative estimate of drug-likeness (QED) is 0.441. The summed E-state index contributed by atoms with van der Waals surface area (Å²) < 4.78 is 3.85. The molecule has 0 saturated carbocycles. The highest BCUT2D eigenvalue weighted by Gasteiger charge is 2.26. The third-order valence-corrected chi connectivity index (χ3v) is 6.43. The maximum atomic E-state index is 12.6. The lowest BCUT2D eigenvalue weighted by Crippen LogP contribution is -2.37. The van der Waals surface area contributed by atoms with Crippen LogP contribution in [-0.4, -0.2) is 47.1 Å². The maximum absolute atomic E-state index is 12.6. The molecule has 0 radical (unpaired) electrons. The smallest absolute Gasteiger partial charge is 0.326 e. The van der Waals surface area contributed by atoms with Gasteiger partial charge in [-0.1, -0.05) is 12.1 Å². The fourth-order valence-corrected chi connectivity index (χ4v) is 4.79. The van der Waals surface area contributed by atoms with Crippen LogP contribution in [0.2, 0.25) is 0 Å². The Hall–Kier alpha value is -4.21. The summed E-state index contributed by atoms with van der Waals surface area (Å²) in [6.45, 7) is 1.55. The summed E-state index contributed by atoms with van der Waals surface area (Å²) in [7, 11) is 1.94. The van der Waals surface area contributed by atoms with E-state index in [1.165, 1.54) is 0 Å². The first-order valence-corrected chi connectivity index (χ1v) is 10.9. The minimum atomic E-state index is -0.0504. The molecule has 0 atom stereocenters. The Kier molecular flexibility index (Phi) is 4.39. The molecule has 10 nitrogen and oxygen atoms in total. The van der Waals surface area contributed by atoms with E-state index in [0.29, 0.717) is 5.82 Å². The zero-order valence-corrected chi connectivity index (χ0v) is 18.1. The molecular formula is C23H23N9O. The molecule has 0 bridgehead atoms. The van der Waals surface area contributed by atoms with Gasteiger partial charge >= 0.3 is 5.69 Å². The Labute approximate surface area is 188 Å². The molecule has 0 unspecified atom stereocenters. The van der Waals surface area contributed by atoms with E-state index in [0.717, 1.165) is 65.3 Å². The van der Waals surface area contributed by atoms with Crippen LogP contribution in [0.25, 0.3) is 33.6 Å². The lowest BCUT2D eigenvalue weighted by molar-refractivity contribution is 0.395. The number of hydrogen-bond donors (Lipinski definition) is 2. The number of fused-ring (bicyclic) bond motifs is 2. The Morgan fingerprint density at radius 2 is 1.88 bits per heavy atom. The van der Waals surface area contributed by atoms with Crippen LogP contribution in [0.4, 0.5) is 11.6 Å². The lowest BCUT2D eigenvalue weighted by atomic mass is 10.0. The summed E-state index contributed by atoms with van der Waals surface area (Å²) in [5.41, 5.74) is 9.91. The standard InChI is InChI=1S/C23H23N9O/c1-30-20(14-6-7-18(24)25-12-14)29-19-21(30)26-13-27-22(19)31-10-8-15(9-11-31)32-17-5-3-2-4-16(17)28-23(32)33/h2-7,12-13,15H,8-11H2,1H3,(H2,24,25)(H,28,33). The highest BCUT2D eigenvalue weighted by molar-refractivity contribution is 5.86. The second kappa shape index (κ2) is 7.44. The first-order chi connectivity index (χ1) is 16.1. The normalized spacial score (nSPS) is 15.0. The van der Waals surface area contributed by atoms with Gasteiger partial charge in [-0.05, 0) is 37.1 Å². The van der Waals surface area contributed by atoms with E-state index in [-0.39, 0.29) is 11.7 Å². The number of nitrogens with two attached hydrogens (primary N) is 1. The van der Waals surface area contributed by atoms with Crippen molar-refractivity contribution >= 4 is 33.8 Å². The van der Waals surface area contributed by atoms with Crippen LogP contribution in [0.5, 0.6) is 0 Å². The van der Waals surface area contributed by atoms with Gasteiger partial charge in [-0.2, -0.15) is 0 Å². The van der Waals surface area contributed by atoms with Crippen molar-refractivity contribution in [1.82, 2.24) is 34.1 Å². The molecule has 1 aromatic carbocycles. The third kappa shape index (κ3) is 3.13. The summed E-state index contributed by atoms with van der Waals surface area (Å²) in [4.78, 5) is 35.9. The van der Waals surface area contributed by atoms with Crippen molar-refractivity contribution in [2.45, 2.75) is 18.9 Å². The van der Waals surface area contributed by atoms with Crippen LogP contribution >= 0.6 is 0 Å². The molecule has 0 aliphatic carbocycles. The van der Waals surface area contributed by atoms with E-state index in [1.54, 1.807) is 18.6 Å². The van der Waals surface area contributed by atoms with Crippen LogP contribution in [0.1, 0.15) is 18.9 Å². The average molecular weight is 441 g/mol. The molecular weight excluding hydrogens is 418 g/mol. The molecule has 0 amide bonds. The number of nitrogen functional groups attached to an aromatic ring is 1. The number of H-pyrrole nitrogens is 1. The number of piperidine rings is 1. The van der Waals surface area contributed by atoms with Gasteiger partial charge in [0, 0.05) is 37.9 Å². The summed E-state index contributed by atoms with van der Waals surface area (Å²) in [6, 6.07) is 11.6. The Bertz CT molecular complexity index is 1520. The molecule has 3 N–H and O–H groups in total. The van der Waals surface area contributed by atoms with Gasteiger partial charge in [-0.25, -0.2) is 24.7 Å². The van der Waals surface area contributed by atoms with E-state index in [2.05, 4.69) is 24.8 Å². The maximum Gasteiger partial charge on any atom is 0.326 e. The van der Waals surface area contributed by atoms with Crippen molar-refractivity contribution in [2.24, 2.45) is 7.05 Å². The van der Waals surface area contributed by atoms with E-state index < -0.39 is 0 Å². The number of aryl methyl sites for hydroxylation is 1. The predicted molar refractivity (Wildman–Crippen MR) is 127 cm³/mol. The highest BCUT2D eigenvalue weighted by atomic mass is 16.1. The fraction of sp³-hybridized carbons (Fsp3) is 0.261. The van der Waals surface area contributed by atoms with Gasteiger partial charge in [0.1, 0.15) is 18.0 Å². The molecule has 10 heteroatoms. The monoisotopic (exact) mass is 441 g/mol. The second-order valence-corrected chi connectivity index (χ2v) is 8.37. The van der Waals surface area contributed by atoms with Crippen molar-refractivity contribution in [1.29, 1.82) is 0 Å². The number of aromatic amines is 1. The topological polar surface area (TPSA) is 124 Å². The van der Waals surface area contributed by atoms with Crippen molar-refractivity contribution in [2.75, 3.05) is 23.7 Å². The number of aromatic nitrogens is 7. The van der Waals surface area contributed by atoms with Gasteiger partial charge in [-0.15, -0.1) is 0 Å². The van der Waals surface area contributed by atoms with Crippen molar-refractivity contribution in [3.05, 3.63) is 59.4 Å². The molecule has 5 heterocycles. The summed E-state index contributed by atoms with van der Waals surface area (Å²) in [5.74, 6) is 2.05. The first-order valence-electron chi connectivity index (χ1n) is 10.9. The number of rotatable bonds is 3. The summed E-state index contributed by atoms with van der Waals surface area (Å²) in [5, 5.41) is 0.